The molecular formula is C14H15N5O2. The van der Waals surface area contributed by atoms with Crippen molar-refractivity contribution in [3.8, 4) is 0 Å². The monoisotopic (exact) mass is 285 g/mol. The van der Waals surface area contributed by atoms with Crippen LogP contribution < -0.4 is 0 Å². The molecule has 2 aromatic rings. The first-order valence-corrected chi connectivity index (χ1v) is 7.23. The fraction of sp³-hybridized carbons (Fsp3) is 0.500. The van der Waals surface area contributed by atoms with Crippen LogP contribution in [0.5, 0.6) is 0 Å². The van der Waals surface area contributed by atoms with Gasteiger partial charge in [-0.05, 0) is 25.7 Å². The Labute approximate surface area is 121 Å². The maximum Gasteiger partial charge on any atom is 0.274 e. The number of aromatic nitrogens is 4. The molecule has 0 unspecified atom stereocenters. The Morgan fingerprint density at radius 2 is 2.19 bits per heavy atom. The van der Waals surface area contributed by atoms with E-state index in [2.05, 4.69) is 20.1 Å². The molecule has 108 valence electrons. The lowest BCUT2D eigenvalue weighted by Crippen LogP contribution is -2.31. The van der Waals surface area contributed by atoms with Gasteiger partial charge in [0.2, 0.25) is 5.89 Å². The average molecular weight is 285 g/mol. The summed E-state index contributed by atoms with van der Waals surface area (Å²) in [5.74, 6) is 1.63. The van der Waals surface area contributed by atoms with Crippen molar-refractivity contribution in [1.82, 2.24) is 25.0 Å². The van der Waals surface area contributed by atoms with Gasteiger partial charge >= 0.3 is 0 Å². The number of likely N-dealkylation sites (tertiary alicyclic amines) is 1. The summed E-state index contributed by atoms with van der Waals surface area (Å²) in [5.41, 5.74) is 0.357. The Morgan fingerprint density at radius 3 is 2.95 bits per heavy atom. The Kier molecular flexibility index (Phi) is 2.90. The number of carbonyl (C=O) groups is 1. The molecule has 2 aromatic heterocycles. The van der Waals surface area contributed by atoms with Gasteiger partial charge in [-0.3, -0.25) is 9.78 Å². The van der Waals surface area contributed by atoms with Crippen molar-refractivity contribution >= 4 is 5.91 Å². The Balaban J connectivity index is 1.58. The molecule has 1 saturated carbocycles. The summed E-state index contributed by atoms with van der Waals surface area (Å²) in [4.78, 5) is 26.8. The number of rotatable bonds is 3. The van der Waals surface area contributed by atoms with Crippen LogP contribution in [0, 0.1) is 0 Å². The van der Waals surface area contributed by atoms with Gasteiger partial charge in [0.05, 0.1) is 12.2 Å². The summed E-state index contributed by atoms with van der Waals surface area (Å²) < 4.78 is 5.31. The Morgan fingerprint density at radius 1 is 1.29 bits per heavy atom. The van der Waals surface area contributed by atoms with E-state index in [0.29, 0.717) is 29.9 Å². The third-order valence-electron chi connectivity index (χ3n) is 3.98. The largest absolute Gasteiger partial charge is 0.339 e. The third kappa shape index (κ3) is 2.28. The number of carbonyl (C=O) groups excluding carboxylic acids is 1. The number of hydrogen-bond donors (Lipinski definition) is 0. The van der Waals surface area contributed by atoms with Gasteiger partial charge in [-0.1, -0.05) is 5.16 Å². The zero-order chi connectivity index (χ0) is 14.2. The van der Waals surface area contributed by atoms with Crippen LogP contribution in [0.3, 0.4) is 0 Å². The van der Waals surface area contributed by atoms with Gasteiger partial charge in [-0.2, -0.15) is 4.98 Å². The molecule has 1 aliphatic heterocycles. The van der Waals surface area contributed by atoms with Crippen LogP contribution in [0.4, 0.5) is 0 Å². The van der Waals surface area contributed by atoms with Crippen molar-refractivity contribution < 1.29 is 9.32 Å². The minimum Gasteiger partial charge on any atom is -0.339 e. The zero-order valence-electron chi connectivity index (χ0n) is 11.5. The van der Waals surface area contributed by atoms with E-state index in [1.165, 1.54) is 12.4 Å². The van der Waals surface area contributed by atoms with E-state index >= 15 is 0 Å². The third-order valence-corrected chi connectivity index (χ3v) is 3.98. The molecule has 4 rings (SSSR count). The van der Waals surface area contributed by atoms with Crippen LogP contribution in [-0.4, -0.2) is 37.5 Å². The minimum atomic E-state index is -0.122. The summed E-state index contributed by atoms with van der Waals surface area (Å²) in [6.45, 7) is 0.688. The second-order valence-electron chi connectivity index (χ2n) is 5.51. The SMILES string of the molecule is O=C(c1cnccn1)N1CCC[C@H]1c1noc(C2CC2)n1. The van der Waals surface area contributed by atoms with Gasteiger partial charge in [0, 0.05) is 24.9 Å². The van der Waals surface area contributed by atoms with Gasteiger partial charge in [0.1, 0.15) is 5.69 Å². The molecule has 7 nitrogen and oxygen atoms in total. The van der Waals surface area contributed by atoms with Crippen LogP contribution in [0.1, 0.15) is 59.8 Å². The van der Waals surface area contributed by atoms with E-state index in [1.807, 2.05) is 0 Å². The highest BCUT2D eigenvalue weighted by Crippen LogP contribution is 2.40. The molecule has 7 heteroatoms. The Bertz CT molecular complexity index is 652. The number of hydrogen-bond acceptors (Lipinski definition) is 6. The summed E-state index contributed by atoms with van der Waals surface area (Å²) in [6.07, 6.45) is 8.60. The van der Waals surface area contributed by atoms with Crippen molar-refractivity contribution in [3.05, 3.63) is 36.0 Å². The summed E-state index contributed by atoms with van der Waals surface area (Å²) in [6, 6.07) is -0.115. The van der Waals surface area contributed by atoms with Crippen molar-refractivity contribution in [3.63, 3.8) is 0 Å². The van der Waals surface area contributed by atoms with Crippen molar-refractivity contribution in [2.45, 2.75) is 37.6 Å². The molecule has 0 aromatic carbocycles. The average Bonchev–Trinajstić information content (AvgIpc) is 3.07. The lowest BCUT2D eigenvalue weighted by atomic mass is 10.2. The molecule has 1 saturated heterocycles. The minimum absolute atomic E-state index is 0.115. The first kappa shape index (κ1) is 12.4. The molecule has 21 heavy (non-hydrogen) atoms. The fourth-order valence-electron chi connectivity index (χ4n) is 2.71. The smallest absolute Gasteiger partial charge is 0.274 e. The molecule has 0 bridgehead atoms. The molecule has 1 aliphatic carbocycles. The van der Waals surface area contributed by atoms with Gasteiger partial charge < -0.3 is 9.42 Å². The van der Waals surface area contributed by atoms with Crippen LogP contribution in [0.2, 0.25) is 0 Å². The molecule has 1 amide bonds. The summed E-state index contributed by atoms with van der Waals surface area (Å²) in [7, 11) is 0. The summed E-state index contributed by atoms with van der Waals surface area (Å²) >= 11 is 0. The van der Waals surface area contributed by atoms with E-state index in [1.54, 1.807) is 11.1 Å². The molecule has 0 N–H and O–H groups in total. The lowest BCUT2D eigenvalue weighted by Gasteiger charge is -2.21. The van der Waals surface area contributed by atoms with Crippen LogP contribution in [0.15, 0.2) is 23.1 Å². The first-order valence-electron chi connectivity index (χ1n) is 7.23. The maximum atomic E-state index is 12.5. The van der Waals surface area contributed by atoms with Crippen LogP contribution in [0.25, 0.3) is 0 Å². The molecule has 2 fully saturated rings. The normalized spacial score (nSPS) is 21.7. The molecular weight excluding hydrogens is 270 g/mol. The highest BCUT2D eigenvalue weighted by molar-refractivity contribution is 5.92. The predicted octanol–water partition coefficient (Wildman–Crippen LogP) is 1.71. The van der Waals surface area contributed by atoms with E-state index in [-0.39, 0.29) is 11.9 Å². The van der Waals surface area contributed by atoms with Crippen molar-refractivity contribution in [2.75, 3.05) is 6.54 Å². The predicted molar refractivity (Wildman–Crippen MR) is 71.3 cm³/mol. The second-order valence-corrected chi connectivity index (χ2v) is 5.51. The molecule has 1 atom stereocenters. The zero-order valence-corrected chi connectivity index (χ0v) is 11.5. The highest BCUT2D eigenvalue weighted by Gasteiger charge is 2.36. The Hall–Kier alpha value is -2.31. The fourth-order valence-corrected chi connectivity index (χ4v) is 2.71. The second kappa shape index (κ2) is 4.91. The van der Waals surface area contributed by atoms with E-state index in [4.69, 9.17) is 4.52 Å². The van der Waals surface area contributed by atoms with Crippen molar-refractivity contribution in [1.29, 1.82) is 0 Å². The molecule has 3 heterocycles. The molecule has 0 radical (unpaired) electrons. The maximum absolute atomic E-state index is 12.5. The van der Waals surface area contributed by atoms with Gasteiger partial charge in [-0.15, -0.1) is 0 Å². The lowest BCUT2D eigenvalue weighted by molar-refractivity contribution is 0.0722. The van der Waals surface area contributed by atoms with Gasteiger partial charge in [0.25, 0.3) is 5.91 Å². The van der Waals surface area contributed by atoms with Crippen LogP contribution >= 0.6 is 0 Å². The van der Waals surface area contributed by atoms with E-state index in [9.17, 15) is 4.79 Å². The van der Waals surface area contributed by atoms with E-state index < -0.39 is 0 Å². The standard InChI is InChI=1S/C14H15N5O2/c20-14(10-8-15-5-6-16-10)19-7-1-2-11(19)12-17-13(21-18-12)9-3-4-9/h5-6,8-9,11H,1-4,7H2/t11-/m0/s1. The van der Waals surface area contributed by atoms with Crippen molar-refractivity contribution in [2.24, 2.45) is 0 Å². The number of nitrogens with zero attached hydrogens (tertiary/aromatic N) is 5. The molecule has 0 spiro atoms. The first-order chi connectivity index (χ1) is 10.3. The van der Waals surface area contributed by atoms with Gasteiger partial charge in [-0.25, -0.2) is 4.98 Å². The van der Waals surface area contributed by atoms with Gasteiger partial charge in [0.15, 0.2) is 5.82 Å². The topological polar surface area (TPSA) is 85.0 Å². The quantitative estimate of drug-likeness (QED) is 0.853. The molecule has 2 aliphatic rings. The summed E-state index contributed by atoms with van der Waals surface area (Å²) in [5, 5.41) is 4.07. The van der Waals surface area contributed by atoms with E-state index in [0.717, 1.165) is 25.7 Å². The van der Waals surface area contributed by atoms with Crippen LogP contribution in [-0.2, 0) is 0 Å². The number of amides is 1. The highest BCUT2D eigenvalue weighted by atomic mass is 16.5.